The second-order valence-electron chi connectivity index (χ2n) is 5.43. The summed E-state index contributed by atoms with van der Waals surface area (Å²) in [4.78, 5) is 0. The Morgan fingerprint density at radius 1 is 1.32 bits per heavy atom. The number of thiocarbonyl (C=S) groups is 1. The Bertz CT molecular complexity index is 461. The van der Waals surface area contributed by atoms with Gasteiger partial charge in [-0.15, -0.1) is 0 Å². The fourth-order valence-electron chi connectivity index (χ4n) is 2.62. The number of aryl methyl sites for hydroxylation is 1. The molecule has 1 aliphatic rings. The van der Waals surface area contributed by atoms with E-state index in [1.54, 1.807) is 0 Å². The van der Waals surface area contributed by atoms with Crippen LogP contribution in [0.25, 0.3) is 0 Å². The number of anilines is 1. The summed E-state index contributed by atoms with van der Waals surface area (Å²) in [5.41, 5.74) is 2.26. The van der Waals surface area contributed by atoms with Gasteiger partial charge in [0, 0.05) is 16.2 Å². The van der Waals surface area contributed by atoms with Gasteiger partial charge in [-0.1, -0.05) is 35.7 Å². The maximum atomic E-state index is 5.43. The molecule has 2 nitrogen and oxygen atoms in total. The number of benzene rings is 1. The van der Waals surface area contributed by atoms with Gasteiger partial charge in [0.15, 0.2) is 5.11 Å². The molecule has 1 fully saturated rings. The van der Waals surface area contributed by atoms with Crippen LogP contribution in [0.15, 0.2) is 22.7 Å². The maximum Gasteiger partial charge on any atom is 0.171 e. The standard InChI is InChI=1S/C15H21BrN2S/c1-10-5-3-4-6-13(10)17-15(19)18-14-8-7-12(16)9-11(14)2/h7-10,13H,3-6H2,1-2H3,(H2,17,18,19)/t10-,13-/m1/s1. The first-order valence-corrected chi connectivity index (χ1v) is 8.10. The quantitative estimate of drug-likeness (QED) is 0.768. The monoisotopic (exact) mass is 340 g/mol. The van der Waals surface area contributed by atoms with Crippen LogP contribution in [-0.2, 0) is 0 Å². The maximum absolute atomic E-state index is 5.43. The first-order chi connectivity index (χ1) is 9.06. The summed E-state index contributed by atoms with van der Waals surface area (Å²) in [6.45, 7) is 4.39. The third kappa shape index (κ3) is 4.18. The molecule has 0 amide bonds. The summed E-state index contributed by atoms with van der Waals surface area (Å²) in [5.74, 6) is 0.708. The Morgan fingerprint density at radius 2 is 2.05 bits per heavy atom. The van der Waals surface area contributed by atoms with Crippen molar-refractivity contribution in [2.24, 2.45) is 5.92 Å². The Morgan fingerprint density at radius 3 is 2.74 bits per heavy atom. The van der Waals surface area contributed by atoms with Gasteiger partial charge in [0.2, 0.25) is 0 Å². The van der Waals surface area contributed by atoms with Gasteiger partial charge in [-0.05, 0) is 61.7 Å². The zero-order chi connectivity index (χ0) is 13.8. The van der Waals surface area contributed by atoms with Crippen LogP contribution in [-0.4, -0.2) is 11.2 Å². The van der Waals surface area contributed by atoms with E-state index in [0.29, 0.717) is 12.0 Å². The number of hydrogen-bond acceptors (Lipinski definition) is 1. The molecule has 1 aromatic rings. The van der Waals surface area contributed by atoms with Crippen LogP contribution >= 0.6 is 28.1 Å². The topological polar surface area (TPSA) is 24.1 Å². The van der Waals surface area contributed by atoms with Gasteiger partial charge in [-0.2, -0.15) is 0 Å². The third-order valence-electron chi connectivity index (χ3n) is 3.86. The predicted octanol–water partition coefficient (Wildman–Crippen LogP) is 4.62. The van der Waals surface area contributed by atoms with Gasteiger partial charge in [0.05, 0.1) is 0 Å². The molecule has 1 saturated carbocycles. The molecule has 0 radical (unpaired) electrons. The van der Waals surface area contributed by atoms with Crippen LogP contribution in [0.2, 0.25) is 0 Å². The average molecular weight is 341 g/mol. The molecule has 2 rings (SSSR count). The summed E-state index contributed by atoms with van der Waals surface area (Å²) in [5, 5.41) is 7.51. The second-order valence-corrected chi connectivity index (χ2v) is 6.75. The van der Waals surface area contributed by atoms with Crippen molar-refractivity contribution < 1.29 is 0 Å². The van der Waals surface area contributed by atoms with Crippen molar-refractivity contribution in [1.29, 1.82) is 0 Å². The first kappa shape index (κ1) is 14.8. The Hall–Kier alpha value is -0.610. The summed E-state index contributed by atoms with van der Waals surface area (Å²) in [6.07, 6.45) is 5.19. The van der Waals surface area contributed by atoms with Crippen LogP contribution < -0.4 is 10.6 Å². The molecule has 2 atom stereocenters. The van der Waals surface area contributed by atoms with Crippen molar-refractivity contribution in [2.45, 2.75) is 45.6 Å². The van der Waals surface area contributed by atoms with Gasteiger partial charge in [0.1, 0.15) is 0 Å². The van der Waals surface area contributed by atoms with E-state index in [9.17, 15) is 0 Å². The SMILES string of the molecule is Cc1cc(Br)ccc1NC(=S)N[C@@H]1CCCC[C@H]1C. The van der Waals surface area contributed by atoms with E-state index in [4.69, 9.17) is 12.2 Å². The van der Waals surface area contributed by atoms with Gasteiger partial charge < -0.3 is 10.6 Å². The van der Waals surface area contributed by atoms with E-state index in [-0.39, 0.29) is 0 Å². The van der Waals surface area contributed by atoms with Gasteiger partial charge in [-0.25, -0.2) is 0 Å². The average Bonchev–Trinajstić information content (AvgIpc) is 2.36. The van der Waals surface area contributed by atoms with Gasteiger partial charge in [0.25, 0.3) is 0 Å². The molecule has 19 heavy (non-hydrogen) atoms. The lowest BCUT2D eigenvalue weighted by Crippen LogP contribution is -2.43. The highest BCUT2D eigenvalue weighted by Crippen LogP contribution is 2.24. The molecule has 0 aromatic heterocycles. The molecular formula is C15H21BrN2S. The zero-order valence-electron chi connectivity index (χ0n) is 11.5. The van der Waals surface area contributed by atoms with Crippen LogP contribution in [0, 0.1) is 12.8 Å². The molecule has 1 aromatic carbocycles. The summed E-state index contributed by atoms with van der Waals surface area (Å²) >= 11 is 8.90. The number of hydrogen-bond donors (Lipinski definition) is 2. The molecule has 0 unspecified atom stereocenters. The van der Waals surface area contributed by atoms with Gasteiger partial charge >= 0.3 is 0 Å². The van der Waals surface area contributed by atoms with Crippen molar-refractivity contribution in [3.05, 3.63) is 28.2 Å². The van der Waals surface area contributed by atoms with Crippen molar-refractivity contribution in [2.75, 3.05) is 5.32 Å². The number of halogens is 1. The van der Waals surface area contributed by atoms with Gasteiger partial charge in [-0.3, -0.25) is 0 Å². The molecule has 0 saturated heterocycles. The van der Waals surface area contributed by atoms with E-state index in [1.807, 2.05) is 6.07 Å². The van der Waals surface area contributed by atoms with Crippen LogP contribution in [0.5, 0.6) is 0 Å². The Balaban J connectivity index is 1.93. The van der Waals surface area contributed by atoms with Crippen LogP contribution in [0.1, 0.15) is 38.2 Å². The molecule has 0 spiro atoms. The van der Waals surface area contributed by atoms with E-state index >= 15 is 0 Å². The number of nitrogens with one attached hydrogen (secondary N) is 2. The summed E-state index contributed by atoms with van der Waals surface area (Å²) < 4.78 is 1.09. The second kappa shape index (κ2) is 6.71. The minimum atomic E-state index is 0.518. The highest BCUT2D eigenvalue weighted by Gasteiger charge is 2.21. The van der Waals surface area contributed by atoms with Crippen molar-refractivity contribution in [3.8, 4) is 0 Å². The minimum absolute atomic E-state index is 0.518. The smallest absolute Gasteiger partial charge is 0.171 e. The molecular weight excluding hydrogens is 320 g/mol. The zero-order valence-corrected chi connectivity index (χ0v) is 13.9. The van der Waals surface area contributed by atoms with Crippen molar-refractivity contribution in [3.63, 3.8) is 0 Å². The predicted molar refractivity (Wildman–Crippen MR) is 89.7 cm³/mol. The molecule has 0 aliphatic heterocycles. The van der Waals surface area contributed by atoms with Crippen molar-refractivity contribution >= 4 is 38.9 Å². The van der Waals surface area contributed by atoms with Crippen molar-refractivity contribution in [1.82, 2.24) is 5.32 Å². The van der Waals surface area contributed by atoms with E-state index < -0.39 is 0 Å². The molecule has 0 heterocycles. The molecule has 4 heteroatoms. The highest BCUT2D eigenvalue weighted by atomic mass is 79.9. The van der Waals surface area contributed by atoms with E-state index in [0.717, 1.165) is 15.3 Å². The fraction of sp³-hybridized carbons (Fsp3) is 0.533. The summed E-state index contributed by atoms with van der Waals surface area (Å²) in [7, 11) is 0. The Kier molecular flexibility index (Phi) is 5.22. The first-order valence-electron chi connectivity index (χ1n) is 6.90. The molecule has 2 N–H and O–H groups in total. The lowest BCUT2D eigenvalue weighted by Gasteiger charge is -2.30. The number of rotatable bonds is 2. The molecule has 1 aliphatic carbocycles. The molecule has 0 bridgehead atoms. The van der Waals surface area contributed by atoms with E-state index in [2.05, 4.69) is 52.5 Å². The fourth-order valence-corrected chi connectivity index (χ4v) is 3.36. The Labute approximate surface area is 129 Å². The lowest BCUT2D eigenvalue weighted by molar-refractivity contribution is 0.309. The summed E-state index contributed by atoms with van der Waals surface area (Å²) in [6, 6.07) is 6.69. The lowest BCUT2D eigenvalue weighted by atomic mass is 9.86. The highest BCUT2D eigenvalue weighted by molar-refractivity contribution is 9.10. The van der Waals surface area contributed by atoms with Crippen LogP contribution in [0.4, 0.5) is 5.69 Å². The largest absolute Gasteiger partial charge is 0.359 e. The van der Waals surface area contributed by atoms with E-state index in [1.165, 1.54) is 31.2 Å². The molecule has 104 valence electrons. The normalized spacial score (nSPS) is 22.9. The minimum Gasteiger partial charge on any atom is -0.359 e. The van der Waals surface area contributed by atoms with Crippen LogP contribution in [0.3, 0.4) is 0 Å². The third-order valence-corrected chi connectivity index (χ3v) is 4.58.